The summed E-state index contributed by atoms with van der Waals surface area (Å²) in [6, 6.07) is 11.5. The van der Waals surface area contributed by atoms with Crippen molar-refractivity contribution in [3.8, 4) is 11.3 Å². The Morgan fingerprint density at radius 3 is 2.17 bits per heavy atom. The van der Waals surface area contributed by atoms with Crippen molar-refractivity contribution in [1.82, 2.24) is 4.98 Å². The third-order valence-corrected chi connectivity index (χ3v) is 7.38. The first-order valence-corrected chi connectivity index (χ1v) is 10.9. The van der Waals surface area contributed by atoms with Gasteiger partial charge in [-0.3, -0.25) is 4.98 Å². The van der Waals surface area contributed by atoms with Crippen molar-refractivity contribution in [2.45, 2.75) is 79.6 Å². The molecule has 0 spiro atoms. The van der Waals surface area contributed by atoms with Crippen LogP contribution in [0, 0.1) is 19.3 Å². The van der Waals surface area contributed by atoms with Crippen LogP contribution in [0.25, 0.3) is 22.0 Å². The number of aromatic nitrogens is 1. The lowest BCUT2D eigenvalue weighted by Crippen LogP contribution is -2.45. The zero-order valence-electron chi connectivity index (χ0n) is 19.6. The van der Waals surface area contributed by atoms with E-state index in [1.54, 1.807) is 0 Å². The van der Waals surface area contributed by atoms with Crippen molar-refractivity contribution >= 4 is 10.8 Å². The molecule has 0 saturated heterocycles. The van der Waals surface area contributed by atoms with E-state index in [9.17, 15) is 0 Å². The fourth-order valence-corrected chi connectivity index (χ4v) is 5.42. The van der Waals surface area contributed by atoms with Gasteiger partial charge in [-0.15, -0.1) is 0 Å². The molecule has 0 amide bonds. The average Bonchev–Trinajstić information content (AvgIpc) is 2.59. The van der Waals surface area contributed by atoms with Crippen LogP contribution < -0.4 is 0 Å². The monoisotopic (exact) mass is 385 g/mol. The van der Waals surface area contributed by atoms with Gasteiger partial charge >= 0.3 is 0 Å². The number of benzene rings is 2. The van der Waals surface area contributed by atoms with Gasteiger partial charge in [0.15, 0.2) is 0 Å². The molecule has 0 saturated carbocycles. The van der Waals surface area contributed by atoms with E-state index in [1.807, 2.05) is 6.20 Å². The Hall–Kier alpha value is -2.15. The molecule has 1 aliphatic carbocycles. The summed E-state index contributed by atoms with van der Waals surface area (Å²) in [4.78, 5) is 4.98. The van der Waals surface area contributed by atoms with Gasteiger partial charge in [0.1, 0.15) is 0 Å². The Bertz CT molecular complexity index is 1120. The zero-order valence-corrected chi connectivity index (χ0v) is 19.6. The van der Waals surface area contributed by atoms with Gasteiger partial charge in [-0.05, 0) is 76.3 Å². The molecule has 0 fully saturated rings. The first-order chi connectivity index (χ1) is 13.3. The number of fused-ring (bicyclic) bond motifs is 4. The van der Waals surface area contributed by atoms with E-state index >= 15 is 0 Å². The second-order valence-corrected chi connectivity index (χ2v) is 11.3. The van der Waals surface area contributed by atoms with E-state index in [0.29, 0.717) is 0 Å². The first-order valence-electron chi connectivity index (χ1n) is 10.9. The van der Waals surface area contributed by atoms with Crippen LogP contribution >= 0.6 is 0 Å². The summed E-state index contributed by atoms with van der Waals surface area (Å²) >= 11 is 0. The fraction of sp³-hybridized carbons (Fsp3) is 0.464. The molecule has 152 valence electrons. The first kappa shape index (κ1) is 20.1. The summed E-state index contributed by atoms with van der Waals surface area (Å²) in [5, 5.41) is 2.69. The van der Waals surface area contributed by atoms with E-state index in [2.05, 4.69) is 92.6 Å². The highest BCUT2D eigenvalue weighted by Crippen LogP contribution is 2.56. The van der Waals surface area contributed by atoms with E-state index < -0.39 is 0 Å². The minimum Gasteiger partial charge on any atom is -0.256 e. The van der Waals surface area contributed by atoms with Crippen LogP contribution in [0.5, 0.6) is 0 Å². The number of rotatable bonds is 1. The molecule has 3 aromatic rings. The van der Waals surface area contributed by atoms with Crippen molar-refractivity contribution in [3.63, 3.8) is 0 Å². The number of hydrogen-bond donors (Lipinski definition) is 0. The van der Waals surface area contributed by atoms with E-state index in [1.165, 1.54) is 49.8 Å². The smallest absolute Gasteiger partial charge is 0.0745 e. The fourth-order valence-electron chi connectivity index (χ4n) is 5.42. The Labute approximate surface area is 176 Å². The standard InChI is InChI=1S/C28H35N/c1-17-10-11-19-15-22-23(18(2)21(19)14-17)27(6,7)28(8,9)24-20(16-26(3,4)5)12-13-29-25(22)24/h10-15H,16H2,1-9H3. The molecule has 0 aliphatic heterocycles. The Morgan fingerprint density at radius 2 is 1.52 bits per heavy atom. The van der Waals surface area contributed by atoms with Gasteiger partial charge in [0, 0.05) is 17.2 Å². The normalized spacial score (nSPS) is 17.1. The van der Waals surface area contributed by atoms with Gasteiger partial charge in [-0.1, -0.05) is 72.2 Å². The van der Waals surface area contributed by atoms with Gasteiger partial charge in [0.05, 0.1) is 5.69 Å². The average molecular weight is 386 g/mol. The molecule has 1 heterocycles. The van der Waals surface area contributed by atoms with Gasteiger partial charge in [-0.25, -0.2) is 0 Å². The lowest BCUT2D eigenvalue weighted by Gasteiger charge is -2.49. The summed E-state index contributed by atoms with van der Waals surface area (Å²) in [5.41, 5.74) is 9.85. The van der Waals surface area contributed by atoms with Crippen molar-refractivity contribution in [3.05, 3.63) is 64.3 Å². The van der Waals surface area contributed by atoms with Crippen LogP contribution in [-0.2, 0) is 17.3 Å². The molecule has 2 aromatic carbocycles. The highest BCUT2D eigenvalue weighted by atomic mass is 14.7. The van der Waals surface area contributed by atoms with Crippen LogP contribution in [0.15, 0.2) is 36.5 Å². The van der Waals surface area contributed by atoms with Crippen molar-refractivity contribution in [1.29, 1.82) is 0 Å². The van der Waals surface area contributed by atoms with Crippen LogP contribution in [-0.4, -0.2) is 4.98 Å². The van der Waals surface area contributed by atoms with E-state index in [-0.39, 0.29) is 16.2 Å². The van der Waals surface area contributed by atoms with Crippen LogP contribution in [0.1, 0.15) is 76.3 Å². The molecule has 1 nitrogen and oxygen atoms in total. The maximum atomic E-state index is 4.98. The SMILES string of the molecule is Cc1ccc2cc3c(c(C)c2c1)C(C)(C)C(C)(C)c1c(CC(C)(C)C)ccnc1-3. The highest BCUT2D eigenvalue weighted by Gasteiger charge is 2.48. The van der Waals surface area contributed by atoms with Gasteiger partial charge < -0.3 is 0 Å². The molecule has 29 heavy (non-hydrogen) atoms. The zero-order chi connectivity index (χ0) is 21.4. The minimum atomic E-state index is -0.00750. The predicted molar refractivity (Wildman–Crippen MR) is 126 cm³/mol. The van der Waals surface area contributed by atoms with Gasteiger partial charge in [-0.2, -0.15) is 0 Å². The highest BCUT2D eigenvalue weighted by molar-refractivity contribution is 5.94. The van der Waals surface area contributed by atoms with Crippen LogP contribution in [0.2, 0.25) is 0 Å². The lowest BCUT2D eigenvalue weighted by atomic mass is 9.54. The molecule has 0 radical (unpaired) electrons. The molecule has 0 N–H and O–H groups in total. The summed E-state index contributed by atoms with van der Waals surface area (Å²) in [5.74, 6) is 0. The maximum absolute atomic E-state index is 4.98. The van der Waals surface area contributed by atoms with Crippen molar-refractivity contribution in [2.24, 2.45) is 5.41 Å². The second kappa shape index (κ2) is 6.17. The third kappa shape index (κ3) is 2.93. The molecule has 1 aromatic heterocycles. The second-order valence-electron chi connectivity index (χ2n) is 11.3. The molecule has 4 rings (SSSR count). The largest absolute Gasteiger partial charge is 0.256 e. The van der Waals surface area contributed by atoms with Crippen LogP contribution in [0.4, 0.5) is 0 Å². The summed E-state index contributed by atoms with van der Waals surface area (Å²) < 4.78 is 0. The quantitative estimate of drug-likeness (QED) is 0.418. The van der Waals surface area contributed by atoms with Crippen LogP contribution in [0.3, 0.4) is 0 Å². The Balaban J connectivity index is 2.14. The minimum absolute atomic E-state index is 0.00696. The number of nitrogens with zero attached hydrogens (tertiary/aromatic N) is 1. The Morgan fingerprint density at radius 1 is 0.862 bits per heavy atom. The molecule has 1 heteroatoms. The summed E-state index contributed by atoms with van der Waals surface area (Å²) in [7, 11) is 0. The molecular weight excluding hydrogens is 350 g/mol. The Kier molecular flexibility index (Phi) is 4.29. The third-order valence-electron chi connectivity index (χ3n) is 7.38. The van der Waals surface area contributed by atoms with Gasteiger partial charge in [0.2, 0.25) is 0 Å². The molecule has 1 aliphatic rings. The number of pyridine rings is 1. The van der Waals surface area contributed by atoms with E-state index in [0.717, 1.165) is 6.42 Å². The van der Waals surface area contributed by atoms with E-state index in [4.69, 9.17) is 4.98 Å². The number of aryl methyl sites for hydroxylation is 2. The molecule has 0 unspecified atom stereocenters. The predicted octanol–water partition coefficient (Wildman–Crippen LogP) is 7.68. The van der Waals surface area contributed by atoms with Crippen molar-refractivity contribution < 1.29 is 0 Å². The summed E-state index contributed by atoms with van der Waals surface area (Å²) in [6.07, 6.45) is 3.09. The van der Waals surface area contributed by atoms with Gasteiger partial charge in [0.25, 0.3) is 0 Å². The summed E-state index contributed by atoms with van der Waals surface area (Å²) in [6.45, 7) is 21.2. The van der Waals surface area contributed by atoms with Crippen molar-refractivity contribution in [2.75, 3.05) is 0 Å². The molecule has 0 bridgehead atoms. The number of hydrogen-bond acceptors (Lipinski definition) is 1. The lowest BCUT2D eigenvalue weighted by molar-refractivity contribution is 0.292. The maximum Gasteiger partial charge on any atom is 0.0745 e. The molecule has 0 atom stereocenters. The molecular formula is C28H35N. The topological polar surface area (TPSA) is 12.9 Å².